The first-order chi connectivity index (χ1) is 13.4. The van der Waals surface area contributed by atoms with Gasteiger partial charge in [0.15, 0.2) is 0 Å². The number of nitrogens with one attached hydrogen (secondary N) is 1. The zero-order chi connectivity index (χ0) is 20.6. The standard InChI is InChI=1S/C18H28ClN3O5S/c1-3-22(14-18(23)20-7-8-21-9-11-26-12-10-21)28(24,25)15-5-6-17(27-4-2)16(19)13-15/h5-6,13H,3-4,7-12,14H2,1-2H3,(H,20,23). The lowest BCUT2D eigenvalue weighted by Gasteiger charge is -2.26. The molecule has 0 unspecified atom stereocenters. The van der Waals surface area contributed by atoms with Crippen LogP contribution in [0.4, 0.5) is 0 Å². The van der Waals surface area contributed by atoms with Gasteiger partial charge in [-0.05, 0) is 25.1 Å². The molecule has 1 aromatic carbocycles. The van der Waals surface area contributed by atoms with Gasteiger partial charge in [-0.15, -0.1) is 0 Å². The van der Waals surface area contributed by atoms with E-state index in [-0.39, 0.29) is 28.9 Å². The van der Waals surface area contributed by atoms with E-state index in [0.717, 1.165) is 17.4 Å². The Morgan fingerprint density at radius 1 is 1.32 bits per heavy atom. The largest absolute Gasteiger partial charge is 0.492 e. The number of morpholine rings is 1. The van der Waals surface area contributed by atoms with Crippen LogP contribution in [0.2, 0.25) is 5.02 Å². The van der Waals surface area contributed by atoms with E-state index in [1.807, 2.05) is 6.92 Å². The van der Waals surface area contributed by atoms with Crippen LogP contribution in [0.15, 0.2) is 23.1 Å². The van der Waals surface area contributed by atoms with Crippen LogP contribution in [-0.4, -0.2) is 82.6 Å². The molecule has 158 valence electrons. The zero-order valence-corrected chi connectivity index (χ0v) is 17.9. The molecule has 0 spiro atoms. The van der Waals surface area contributed by atoms with Crippen molar-refractivity contribution < 1.29 is 22.7 Å². The first kappa shape index (κ1) is 22.9. The Balaban J connectivity index is 1.94. The SMILES string of the molecule is CCOc1ccc(S(=O)(=O)N(CC)CC(=O)NCCN2CCOCC2)cc1Cl. The highest BCUT2D eigenvalue weighted by Gasteiger charge is 2.26. The Bertz CT molecular complexity index is 754. The predicted octanol–water partition coefficient (Wildman–Crippen LogP) is 1.20. The first-order valence-electron chi connectivity index (χ1n) is 9.37. The summed E-state index contributed by atoms with van der Waals surface area (Å²) in [5.74, 6) is 0.0859. The minimum absolute atomic E-state index is 0.0314. The average molecular weight is 434 g/mol. The number of nitrogens with zero attached hydrogens (tertiary/aromatic N) is 2. The van der Waals surface area contributed by atoms with Gasteiger partial charge >= 0.3 is 0 Å². The van der Waals surface area contributed by atoms with Crippen LogP contribution >= 0.6 is 11.6 Å². The molecule has 28 heavy (non-hydrogen) atoms. The van der Waals surface area contributed by atoms with Crippen LogP contribution in [-0.2, 0) is 19.6 Å². The van der Waals surface area contributed by atoms with E-state index in [1.54, 1.807) is 6.92 Å². The number of likely N-dealkylation sites (N-methyl/N-ethyl adjacent to an activating group) is 1. The minimum atomic E-state index is -3.84. The van der Waals surface area contributed by atoms with Crippen molar-refractivity contribution in [3.63, 3.8) is 0 Å². The Morgan fingerprint density at radius 2 is 2.04 bits per heavy atom. The molecule has 1 aliphatic rings. The molecule has 0 atom stereocenters. The monoisotopic (exact) mass is 433 g/mol. The Hall–Kier alpha value is -1.39. The molecule has 2 rings (SSSR count). The van der Waals surface area contributed by atoms with Gasteiger partial charge in [-0.2, -0.15) is 4.31 Å². The van der Waals surface area contributed by atoms with E-state index in [1.165, 1.54) is 18.2 Å². The highest BCUT2D eigenvalue weighted by Crippen LogP contribution is 2.28. The lowest BCUT2D eigenvalue weighted by molar-refractivity contribution is -0.121. The summed E-state index contributed by atoms with van der Waals surface area (Å²) >= 11 is 6.11. The fourth-order valence-electron chi connectivity index (χ4n) is 2.82. The molecule has 0 aliphatic carbocycles. The first-order valence-corrected chi connectivity index (χ1v) is 11.2. The smallest absolute Gasteiger partial charge is 0.243 e. The van der Waals surface area contributed by atoms with Gasteiger partial charge in [-0.1, -0.05) is 18.5 Å². The Labute approximate surface area is 171 Å². The fraction of sp³-hybridized carbons (Fsp3) is 0.611. The number of benzene rings is 1. The number of halogens is 1. The molecule has 1 heterocycles. The second kappa shape index (κ2) is 11.0. The van der Waals surface area contributed by atoms with Crippen molar-refractivity contribution in [1.82, 2.24) is 14.5 Å². The third-order valence-corrected chi connectivity index (χ3v) is 6.58. The van der Waals surface area contributed by atoms with Crippen molar-refractivity contribution in [2.45, 2.75) is 18.7 Å². The molecule has 10 heteroatoms. The molecule has 1 fully saturated rings. The molecule has 0 bridgehead atoms. The maximum absolute atomic E-state index is 12.9. The number of carbonyl (C=O) groups excluding carboxylic acids is 1. The number of sulfonamides is 1. The van der Waals surface area contributed by atoms with Crippen molar-refractivity contribution in [2.75, 3.05) is 59.1 Å². The third kappa shape index (κ3) is 6.31. The van der Waals surface area contributed by atoms with Crippen molar-refractivity contribution in [3.05, 3.63) is 23.2 Å². The van der Waals surface area contributed by atoms with Crippen LogP contribution < -0.4 is 10.1 Å². The van der Waals surface area contributed by atoms with E-state index in [2.05, 4.69) is 10.2 Å². The van der Waals surface area contributed by atoms with Crippen molar-refractivity contribution in [2.24, 2.45) is 0 Å². The summed E-state index contributed by atoms with van der Waals surface area (Å²) in [7, 11) is -3.84. The normalized spacial score (nSPS) is 15.6. The van der Waals surface area contributed by atoms with Gasteiger partial charge in [0.05, 0.1) is 36.3 Å². The van der Waals surface area contributed by atoms with Crippen LogP contribution in [0.5, 0.6) is 5.75 Å². The Kier molecular flexibility index (Phi) is 8.97. The topological polar surface area (TPSA) is 88.2 Å². The summed E-state index contributed by atoms with van der Waals surface area (Å²) in [6, 6.07) is 4.31. The van der Waals surface area contributed by atoms with E-state index in [0.29, 0.717) is 38.7 Å². The molecule has 1 saturated heterocycles. The van der Waals surface area contributed by atoms with Gasteiger partial charge in [0.2, 0.25) is 15.9 Å². The lowest BCUT2D eigenvalue weighted by Crippen LogP contribution is -2.44. The predicted molar refractivity (Wildman–Crippen MR) is 107 cm³/mol. The highest BCUT2D eigenvalue weighted by molar-refractivity contribution is 7.89. The average Bonchev–Trinajstić information content (AvgIpc) is 2.68. The lowest BCUT2D eigenvalue weighted by atomic mass is 10.3. The van der Waals surface area contributed by atoms with Crippen LogP contribution in [0.1, 0.15) is 13.8 Å². The number of hydrogen-bond donors (Lipinski definition) is 1. The van der Waals surface area contributed by atoms with E-state index in [4.69, 9.17) is 21.1 Å². The molecule has 0 radical (unpaired) electrons. The summed E-state index contributed by atoms with van der Waals surface area (Å²) in [4.78, 5) is 14.5. The summed E-state index contributed by atoms with van der Waals surface area (Å²) < 4.78 is 37.5. The summed E-state index contributed by atoms with van der Waals surface area (Å²) in [5, 5.41) is 3.00. The summed E-state index contributed by atoms with van der Waals surface area (Å²) in [6.45, 7) is 8.10. The second-order valence-electron chi connectivity index (χ2n) is 6.26. The number of rotatable bonds is 10. The van der Waals surface area contributed by atoms with E-state index < -0.39 is 10.0 Å². The number of carbonyl (C=O) groups is 1. The van der Waals surface area contributed by atoms with Crippen LogP contribution in [0, 0.1) is 0 Å². The minimum Gasteiger partial charge on any atom is -0.492 e. The second-order valence-corrected chi connectivity index (χ2v) is 8.61. The molecule has 1 aromatic rings. The van der Waals surface area contributed by atoms with Crippen molar-refractivity contribution >= 4 is 27.5 Å². The maximum atomic E-state index is 12.9. The van der Waals surface area contributed by atoms with Crippen molar-refractivity contribution in [3.8, 4) is 5.75 Å². The fourth-order valence-corrected chi connectivity index (χ4v) is 4.56. The molecule has 0 aromatic heterocycles. The quantitative estimate of drug-likeness (QED) is 0.596. The molecule has 1 N–H and O–H groups in total. The highest BCUT2D eigenvalue weighted by atomic mass is 35.5. The van der Waals surface area contributed by atoms with Gasteiger partial charge in [0, 0.05) is 32.7 Å². The van der Waals surface area contributed by atoms with Crippen molar-refractivity contribution in [1.29, 1.82) is 0 Å². The summed E-state index contributed by atoms with van der Waals surface area (Å²) in [5.41, 5.74) is 0. The zero-order valence-electron chi connectivity index (χ0n) is 16.3. The molecule has 1 amide bonds. The summed E-state index contributed by atoms with van der Waals surface area (Å²) in [6.07, 6.45) is 0. The molecular formula is C18H28ClN3O5S. The van der Waals surface area contributed by atoms with Gasteiger partial charge in [0.25, 0.3) is 0 Å². The number of hydrogen-bond acceptors (Lipinski definition) is 6. The van der Waals surface area contributed by atoms with E-state index in [9.17, 15) is 13.2 Å². The maximum Gasteiger partial charge on any atom is 0.243 e. The third-order valence-electron chi connectivity index (χ3n) is 4.37. The van der Waals surface area contributed by atoms with Crippen LogP contribution in [0.25, 0.3) is 0 Å². The molecule has 8 nitrogen and oxygen atoms in total. The molecular weight excluding hydrogens is 406 g/mol. The number of ether oxygens (including phenoxy) is 2. The van der Waals surface area contributed by atoms with Gasteiger partial charge < -0.3 is 14.8 Å². The molecule has 0 saturated carbocycles. The Morgan fingerprint density at radius 3 is 2.64 bits per heavy atom. The van der Waals surface area contributed by atoms with Gasteiger partial charge in [-0.25, -0.2) is 8.42 Å². The number of amides is 1. The van der Waals surface area contributed by atoms with Crippen LogP contribution in [0.3, 0.4) is 0 Å². The van der Waals surface area contributed by atoms with Gasteiger partial charge in [-0.3, -0.25) is 9.69 Å². The van der Waals surface area contributed by atoms with E-state index >= 15 is 0 Å². The molecule has 1 aliphatic heterocycles. The van der Waals surface area contributed by atoms with Gasteiger partial charge in [0.1, 0.15) is 5.75 Å².